The van der Waals surface area contributed by atoms with E-state index in [2.05, 4.69) is 19.2 Å². The lowest BCUT2D eigenvalue weighted by atomic mass is 9.95. The van der Waals surface area contributed by atoms with Gasteiger partial charge in [0.2, 0.25) is 0 Å². The van der Waals surface area contributed by atoms with Crippen molar-refractivity contribution < 1.29 is 9.13 Å². The highest BCUT2D eigenvalue weighted by molar-refractivity contribution is 5.51. The average molecular weight is 251 g/mol. The molecule has 0 amide bonds. The Morgan fingerprint density at radius 3 is 2.89 bits per heavy atom. The minimum atomic E-state index is -0.146. The van der Waals surface area contributed by atoms with E-state index in [1.807, 2.05) is 13.0 Å². The molecule has 3 heteroatoms. The summed E-state index contributed by atoms with van der Waals surface area (Å²) in [4.78, 5) is 0. The number of benzene rings is 1. The first-order valence-corrected chi connectivity index (χ1v) is 6.71. The van der Waals surface area contributed by atoms with Crippen LogP contribution in [0.1, 0.15) is 32.3 Å². The van der Waals surface area contributed by atoms with E-state index in [4.69, 9.17) is 4.74 Å². The Bertz CT molecular complexity index is 405. The maximum Gasteiger partial charge on any atom is 0.128 e. The number of anilines is 1. The molecule has 0 spiro atoms. The van der Waals surface area contributed by atoms with Crippen molar-refractivity contribution in [1.82, 2.24) is 0 Å². The molecule has 1 N–H and O–H groups in total. The zero-order valence-electron chi connectivity index (χ0n) is 11.4. The summed E-state index contributed by atoms with van der Waals surface area (Å²) in [5.41, 5.74) is 1.61. The molecule has 1 heterocycles. The van der Waals surface area contributed by atoms with Gasteiger partial charge in [-0.3, -0.25) is 0 Å². The number of hydrogen-bond acceptors (Lipinski definition) is 2. The van der Waals surface area contributed by atoms with Gasteiger partial charge in [-0.2, -0.15) is 0 Å². The monoisotopic (exact) mass is 251 g/mol. The van der Waals surface area contributed by atoms with Crippen LogP contribution in [0.5, 0.6) is 0 Å². The van der Waals surface area contributed by atoms with Crippen LogP contribution in [-0.2, 0) is 4.74 Å². The Labute approximate surface area is 109 Å². The zero-order chi connectivity index (χ0) is 13.1. The van der Waals surface area contributed by atoms with Gasteiger partial charge in [0.15, 0.2) is 0 Å². The summed E-state index contributed by atoms with van der Waals surface area (Å²) in [5, 5.41) is 3.45. The molecule has 1 saturated heterocycles. The van der Waals surface area contributed by atoms with Crippen molar-refractivity contribution in [3.8, 4) is 0 Å². The van der Waals surface area contributed by atoms with Crippen LogP contribution < -0.4 is 5.32 Å². The highest BCUT2D eigenvalue weighted by atomic mass is 19.1. The van der Waals surface area contributed by atoms with Crippen molar-refractivity contribution in [2.75, 3.05) is 11.9 Å². The fourth-order valence-electron chi connectivity index (χ4n) is 2.41. The minimum absolute atomic E-state index is 0.146. The Balaban J connectivity index is 2.03. The first kappa shape index (κ1) is 13.3. The van der Waals surface area contributed by atoms with Crippen LogP contribution in [0.4, 0.5) is 10.1 Å². The number of hydrogen-bond donors (Lipinski definition) is 1. The third-order valence-corrected chi connectivity index (χ3v) is 3.69. The summed E-state index contributed by atoms with van der Waals surface area (Å²) < 4.78 is 19.2. The number of ether oxygens (including phenoxy) is 1. The van der Waals surface area contributed by atoms with E-state index >= 15 is 0 Å². The average Bonchev–Trinajstić information content (AvgIpc) is 2.35. The van der Waals surface area contributed by atoms with Gasteiger partial charge >= 0.3 is 0 Å². The second kappa shape index (κ2) is 5.70. The van der Waals surface area contributed by atoms with Crippen molar-refractivity contribution in [3.05, 3.63) is 29.6 Å². The molecule has 2 atom stereocenters. The van der Waals surface area contributed by atoms with Crippen molar-refractivity contribution in [2.24, 2.45) is 5.92 Å². The van der Waals surface area contributed by atoms with E-state index in [1.54, 1.807) is 6.07 Å². The Morgan fingerprint density at radius 2 is 2.17 bits per heavy atom. The lowest BCUT2D eigenvalue weighted by Gasteiger charge is -2.33. The molecule has 18 heavy (non-hydrogen) atoms. The predicted octanol–water partition coefficient (Wildman–Crippen LogP) is 3.75. The molecular weight excluding hydrogens is 229 g/mol. The summed E-state index contributed by atoms with van der Waals surface area (Å²) in [6, 6.07) is 5.58. The molecule has 1 fully saturated rings. The lowest BCUT2D eigenvalue weighted by Crippen LogP contribution is -2.36. The van der Waals surface area contributed by atoms with Gasteiger partial charge in [0.1, 0.15) is 5.82 Å². The van der Waals surface area contributed by atoms with E-state index in [-0.39, 0.29) is 5.82 Å². The number of nitrogens with one attached hydrogen (secondary N) is 1. The van der Waals surface area contributed by atoms with E-state index in [1.165, 1.54) is 6.07 Å². The standard InChI is InChI=1S/C15H22FNO/c1-10(2)15-9-12(7-8-18-15)17-14-6-4-5-13(16)11(14)3/h4-6,10,12,15,17H,7-9H2,1-3H3. The van der Waals surface area contributed by atoms with E-state index in [0.717, 1.165) is 25.1 Å². The molecule has 100 valence electrons. The van der Waals surface area contributed by atoms with Crippen LogP contribution in [0.3, 0.4) is 0 Å². The molecule has 2 unspecified atom stereocenters. The Kier molecular flexibility index (Phi) is 4.23. The molecule has 1 aromatic carbocycles. The molecule has 2 rings (SSSR count). The van der Waals surface area contributed by atoms with E-state index in [9.17, 15) is 4.39 Å². The first-order chi connectivity index (χ1) is 8.58. The Morgan fingerprint density at radius 1 is 1.39 bits per heavy atom. The molecule has 0 bridgehead atoms. The van der Waals surface area contributed by atoms with Gasteiger partial charge in [0, 0.05) is 23.9 Å². The molecule has 2 nitrogen and oxygen atoms in total. The summed E-state index contributed by atoms with van der Waals surface area (Å²) in [5.74, 6) is 0.385. The maximum absolute atomic E-state index is 13.5. The van der Waals surface area contributed by atoms with Crippen LogP contribution >= 0.6 is 0 Å². The Hall–Kier alpha value is -1.09. The van der Waals surface area contributed by atoms with Crippen LogP contribution in [-0.4, -0.2) is 18.8 Å². The molecule has 1 aromatic rings. The molecule has 0 saturated carbocycles. The quantitative estimate of drug-likeness (QED) is 0.883. The molecule has 0 aliphatic carbocycles. The first-order valence-electron chi connectivity index (χ1n) is 6.71. The molecule has 0 aromatic heterocycles. The normalized spacial score (nSPS) is 24.3. The topological polar surface area (TPSA) is 21.3 Å². The number of rotatable bonds is 3. The predicted molar refractivity (Wildman–Crippen MR) is 72.4 cm³/mol. The molecular formula is C15H22FNO. The third-order valence-electron chi connectivity index (χ3n) is 3.69. The molecule has 1 aliphatic heterocycles. The van der Waals surface area contributed by atoms with Gasteiger partial charge in [-0.1, -0.05) is 19.9 Å². The molecule has 1 aliphatic rings. The summed E-state index contributed by atoms with van der Waals surface area (Å²) in [6.45, 7) is 6.97. The van der Waals surface area contributed by atoms with E-state index in [0.29, 0.717) is 23.6 Å². The summed E-state index contributed by atoms with van der Waals surface area (Å²) in [6.07, 6.45) is 2.29. The van der Waals surface area contributed by atoms with Crippen molar-refractivity contribution >= 4 is 5.69 Å². The second-order valence-electron chi connectivity index (χ2n) is 5.43. The highest BCUT2D eigenvalue weighted by Gasteiger charge is 2.25. The van der Waals surface area contributed by atoms with Crippen LogP contribution in [0, 0.1) is 18.7 Å². The van der Waals surface area contributed by atoms with Gasteiger partial charge in [0.25, 0.3) is 0 Å². The zero-order valence-corrected chi connectivity index (χ0v) is 11.4. The summed E-state index contributed by atoms with van der Waals surface area (Å²) in [7, 11) is 0. The fraction of sp³-hybridized carbons (Fsp3) is 0.600. The van der Waals surface area contributed by atoms with Gasteiger partial charge < -0.3 is 10.1 Å². The fourth-order valence-corrected chi connectivity index (χ4v) is 2.41. The van der Waals surface area contributed by atoms with Crippen molar-refractivity contribution in [3.63, 3.8) is 0 Å². The van der Waals surface area contributed by atoms with Crippen LogP contribution in [0.2, 0.25) is 0 Å². The SMILES string of the molecule is Cc1c(F)cccc1NC1CCOC(C(C)C)C1. The second-order valence-corrected chi connectivity index (χ2v) is 5.43. The minimum Gasteiger partial charge on any atom is -0.382 e. The maximum atomic E-state index is 13.5. The van der Waals surface area contributed by atoms with Crippen molar-refractivity contribution in [2.45, 2.75) is 45.8 Å². The number of halogens is 1. The van der Waals surface area contributed by atoms with Gasteiger partial charge in [-0.15, -0.1) is 0 Å². The largest absolute Gasteiger partial charge is 0.382 e. The van der Waals surface area contributed by atoms with Crippen LogP contribution in [0.25, 0.3) is 0 Å². The van der Waals surface area contributed by atoms with Crippen molar-refractivity contribution in [1.29, 1.82) is 0 Å². The van der Waals surface area contributed by atoms with Crippen LogP contribution in [0.15, 0.2) is 18.2 Å². The van der Waals surface area contributed by atoms with Gasteiger partial charge in [-0.25, -0.2) is 4.39 Å². The third kappa shape index (κ3) is 3.02. The lowest BCUT2D eigenvalue weighted by molar-refractivity contribution is -0.0160. The smallest absolute Gasteiger partial charge is 0.128 e. The summed E-state index contributed by atoms with van der Waals surface area (Å²) >= 11 is 0. The van der Waals surface area contributed by atoms with E-state index < -0.39 is 0 Å². The highest BCUT2D eigenvalue weighted by Crippen LogP contribution is 2.25. The van der Waals surface area contributed by atoms with Gasteiger partial charge in [0.05, 0.1) is 6.10 Å². The molecule has 0 radical (unpaired) electrons. The van der Waals surface area contributed by atoms with Gasteiger partial charge in [-0.05, 0) is 37.8 Å².